The Balaban J connectivity index is 1.39. The van der Waals surface area contributed by atoms with E-state index in [-0.39, 0.29) is 0 Å². The number of pyridine rings is 2. The van der Waals surface area contributed by atoms with E-state index in [0.717, 1.165) is 55.7 Å². The lowest BCUT2D eigenvalue weighted by Gasteiger charge is -2.19. The molecule has 0 unspecified atom stereocenters. The Kier molecular flexibility index (Phi) is 10.7. The average Bonchev–Trinajstić information content (AvgIpc) is 3.09. The molecule has 0 spiro atoms. The number of nitrogens with zero attached hydrogens (tertiary/aromatic N) is 2. The van der Waals surface area contributed by atoms with Gasteiger partial charge < -0.3 is 14.0 Å². The molecule has 232 valence electrons. The third kappa shape index (κ3) is 8.13. The predicted octanol–water partition coefficient (Wildman–Crippen LogP) is 7.91. The summed E-state index contributed by atoms with van der Waals surface area (Å²) in [5, 5.41) is 1.40. The van der Waals surface area contributed by atoms with Gasteiger partial charge in [-0.15, -0.1) is 0 Å². The van der Waals surface area contributed by atoms with E-state index in [1.807, 2.05) is 98.8 Å². The van der Waals surface area contributed by atoms with Crippen LogP contribution in [0.5, 0.6) is 11.5 Å². The van der Waals surface area contributed by atoms with E-state index in [4.69, 9.17) is 37.2 Å². The number of ether oxygens (including phenoxy) is 1. The van der Waals surface area contributed by atoms with Gasteiger partial charge in [0, 0.05) is 22.4 Å². The van der Waals surface area contributed by atoms with Gasteiger partial charge in [-0.3, -0.25) is 9.97 Å². The van der Waals surface area contributed by atoms with E-state index in [0.29, 0.717) is 49.7 Å². The Labute approximate surface area is 287 Å². The summed E-state index contributed by atoms with van der Waals surface area (Å²) in [6.07, 6.45) is 3.53. The van der Waals surface area contributed by atoms with Crippen LogP contribution in [0.4, 0.5) is 0 Å². The maximum absolute atomic E-state index is 6.82. The van der Waals surface area contributed by atoms with Gasteiger partial charge >= 0.3 is 15.0 Å². The molecule has 9 heteroatoms. The van der Waals surface area contributed by atoms with E-state index >= 15 is 0 Å². The van der Waals surface area contributed by atoms with Crippen LogP contribution in [0.25, 0.3) is 22.3 Å². The van der Waals surface area contributed by atoms with Crippen LogP contribution in [0, 0.1) is 13.8 Å². The van der Waals surface area contributed by atoms with Crippen LogP contribution in [0.3, 0.4) is 0 Å². The lowest BCUT2D eigenvalue weighted by molar-refractivity contribution is 0.324. The van der Waals surface area contributed by atoms with E-state index < -0.39 is 0 Å². The zero-order chi connectivity index (χ0) is 32.6. The van der Waals surface area contributed by atoms with Crippen molar-refractivity contribution in [2.75, 3.05) is 0 Å². The van der Waals surface area contributed by atoms with Gasteiger partial charge in [-0.05, 0) is 107 Å². The first-order valence-electron chi connectivity index (χ1n) is 15.4. The van der Waals surface area contributed by atoms with Gasteiger partial charge in [0.2, 0.25) is 0 Å². The van der Waals surface area contributed by atoms with Crippen LogP contribution in [0.15, 0.2) is 122 Å². The average molecular weight is 657 g/mol. The molecule has 0 amide bonds. The Hall–Kier alpha value is -4.39. The molecule has 0 atom stereocenters. The zero-order valence-corrected chi connectivity index (χ0v) is 27.8. The Morgan fingerprint density at radius 3 is 1.43 bits per heavy atom. The van der Waals surface area contributed by atoms with E-state index in [9.17, 15) is 0 Å². The molecule has 0 bridgehead atoms. The maximum Gasteiger partial charge on any atom is 0.313 e. The molecule has 0 saturated carbocycles. The molecule has 5 nitrogen and oxygen atoms in total. The summed E-state index contributed by atoms with van der Waals surface area (Å²) in [5.41, 5.74) is 9.41. The number of rotatable bonds is 12. The monoisotopic (exact) mass is 656 g/mol. The molecule has 0 aliphatic carbocycles. The molecule has 0 aliphatic heterocycles. The number of hydrogen-bond acceptors (Lipinski definition) is 5. The highest BCUT2D eigenvalue weighted by Gasteiger charge is 2.19. The molecule has 2 aromatic heterocycles. The van der Waals surface area contributed by atoms with Crippen molar-refractivity contribution in [3.05, 3.63) is 154 Å². The fraction of sp³-hybridized carbons (Fsp3) is 0.105. The van der Waals surface area contributed by atoms with Gasteiger partial charge in [0.1, 0.15) is 11.5 Å². The summed E-state index contributed by atoms with van der Waals surface area (Å²) in [6.45, 7) is 4.71. The standard InChI is InChI=1S/C38H32B2Cl2N2O3/c1-25-15-17-27(21-33(25)41)31-11-7-13-35(37(31)39-45-23-29-9-3-5-19-43-29)47-36-14-8-12-32(28-18-16-26(2)34(42)22-28)38(36)40-46-24-30-10-4-6-20-44-30/h3-22,39-40H,23-24H2,1-2H3. The third-order valence-electron chi connectivity index (χ3n) is 7.90. The molecule has 0 fully saturated rings. The van der Waals surface area contributed by atoms with Crippen molar-refractivity contribution in [3.63, 3.8) is 0 Å². The SMILES string of the molecule is Cc1ccc(-c2cccc(Oc3cccc(-c4ccc(C)c(Cl)c4)c3BOCc3ccccn3)c2BOCc2ccccn2)cc1Cl. The highest BCUT2D eigenvalue weighted by atomic mass is 35.5. The van der Waals surface area contributed by atoms with Crippen LogP contribution in [-0.4, -0.2) is 24.9 Å². The van der Waals surface area contributed by atoms with Crippen molar-refractivity contribution in [1.29, 1.82) is 0 Å². The minimum Gasteiger partial charge on any atom is -0.458 e. The zero-order valence-electron chi connectivity index (χ0n) is 26.3. The predicted molar refractivity (Wildman–Crippen MR) is 195 cm³/mol. The molecule has 2 heterocycles. The highest BCUT2D eigenvalue weighted by molar-refractivity contribution is 6.52. The molecular weight excluding hydrogens is 625 g/mol. The van der Waals surface area contributed by atoms with Gasteiger partial charge in [0.15, 0.2) is 0 Å². The third-order valence-corrected chi connectivity index (χ3v) is 8.71. The van der Waals surface area contributed by atoms with Gasteiger partial charge in [0.25, 0.3) is 0 Å². The van der Waals surface area contributed by atoms with Crippen LogP contribution in [-0.2, 0) is 22.5 Å². The fourth-order valence-corrected chi connectivity index (χ4v) is 5.64. The number of hydrogen-bond donors (Lipinski definition) is 0. The summed E-state index contributed by atoms with van der Waals surface area (Å²) < 4.78 is 19.3. The van der Waals surface area contributed by atoms with E-state index in [1.165, 1.54) is 0 Å². The summed E-state index contributed by atoms with van der Waals surface area (Å²) in [5.74, 6) is 1.34. The lowest BCUT2D eigenvalue weighted by Crippen LogP contribution is -2.25. The van der Waals surface area contributed by atoms with Crippen LogP contribution >= 0.6 is 23.2 Å². The molecule has 0 radical (unpaired) electrons. The first-order chi connectivity index (χ1) is 23.0. The van der Waals surface area contributed by atoms with E-state index in [2.05, 4.69) is 34.2 Å². The van der Waals surface area contributed by atoms with Crippen molar-refractivity contribution in [2.24, 2.45) is 0 Å². The Morgan fingerprint density at radius 1 is 0.553 bits per heavy atom. The number of aromatic nitrogens is 2. The first kappa shape index (κ1) is 32.5. The molecule has 6 aromatic rings. The van der Waals surface area contributed by atoms with Gasteiger partial charge in [-0.1, -0.05) is 83.9 Å². The van der Waals surface area contributed by atoms with Crippen molar-refractivity contribution >= 4 is 49.1 Å². The second-order valence-electron chi connectivity index (χ2n) is 11.2. The van der Waals surface area contributed by atoms with Crippen molar-refractivity contribution < 1.29 is 14.0 Å². The lowest BCUT2D eigenvalue weighted by atomic mass is 9.79. The molecule has 0 N–H and O–H groups in total. The molecule has 0 aliphatic rings. The molecular formula is C38H32B2Cl2N2O3. The normalized spacial score (nSPS) is 10.9. The van der Waals surface area contributed by atoms with E-state index in [1.54, 1.807) is 12.4 Å². The van der Waals surface area contributed by atoms with Crippen LogP contribution in [0.2, 0.25) is 10.0 Å². The van der Waals surface area contributed by atoms with Crippen molar-refractivity contribution in [3.8, 4) is 33.8 Å². The summed E-state index contributed by atoms with van der Waals surface area (Å²) >= 11 is 13.2. The first-order valence-corrected chi connectivity index (χ1v) is 16.1. The minimum absolute atomic E-state index is 0.298. The minimum atomic E-state index is 0.298. The smallest absolute Gasteiger partial charge is 0.313 e. The molecule has 0 saturated heterocycles. The quantitative estimate of drug-likeness (QED) is 0.125. The van der Waals surface area contributed by atoms with Gasteiger partial charge in [-0.25, -0.2) is 0 Å². The molecule has 47 heavy (non-hydrogen) atoms. The second-order valence-corrected chi connectivity index (χ2v) is 12.0. The Morgan fingerprint density at radius 2 is 1.02 bits per heavy atom. The number of benzene rings is 4. The molecule has 4 aromatic carbocycles. The Bertz CT molecular complexity index is 1840. The maximum atomic E-state index is 6.82. The summed E-state index contributed by atoms with van der Waals surface area (Å²) in [4.78, 5) is 8.83. The molecule has 6 rings (SSSR count). The van der Waals surface area contributed by atoms with Crippen LogP contribution < -0.4 is 15.7 Å². The van der Waals surface area contributed by atoms with Gasteiger partial charge in [0.05, 0.1) is 24.6 Å². The van der Waals surface area contributed by atoms with Crippen LogP contribution in [0.1, 0.15) is 22.5 Å². The summed E-state index contributed by atoms with van der Waals surface area (Å²) in [6, 6.07) is 35.8. The summed E-state index contributed by atoms with van der Waals surface area (Å²) in [7, 11) is 0.596. The van der Waals surface area contributed by atoms with Gasteiger partial charge in [-0.2, -0.15) is 0 Å². The fourth-order valence-electron chi connectivity index (χ4n) is 5.28. The second kappa shape index (κ2) is 15.5. The van der Waals surface area contributed by atoms with Crippen molar-refractivity contribution in [2.45, 2.75) is 27.1 Å². The van der Waals surface area contributed by atoms with Crippen molar-refractivity contribution in [1.82, 2.24) is 9.97 Å². The number of aryl methyl sites for hydroxylation is 2. The highest BCUT2D eigenvalue weighted by Crippen LogP contribution is 2.31. The number of halogens is 2. The topological polar surface area (TPSA) is 53.5 Å². The largest absolute Gasteiger partial charge is 0.458 e.